The maximum atomic E-state index is 12.3. The fourth-order valence-electron chi connectivity index (χ4n) is 4.59. The lowest BCUT2D eigenvalue weighted by Crippen LogP contribution is -2.48. The normalized spacial score (nSPS) is 21.8. The first-order chi connectivity index (χ1) is 15.7. The van der Waals surface area contributed by atoms with Gasteiger partial charge in [0.25, 0.3) is 5.91 Å². The van der Waals surface area contributed by atoms with E-state index in [-0.39, 0.29) is 42.6 Å². The molecule has 1 N–H and O–H groups in total. The van der Waals surface area contributed by atoms with E-state index in [1.54, 1.807) is 0 Å². The summed E-state index contributed by atoms with van der Waals surface area (Å²) >= 11 is 0. The van der Waals surface area contributed by atoms with Gasteiger partial charge in [0.05, 0.1) is 24.5 Å². The second-order valence-electron chi connectivity index (χ2n) is 8.64. The first-order valence-electron chi connectivity index (χ1n) is 12.0. The number of hydrogen-bond acceptors (Lipinski definition) is 5. The summed E-state index contributed by atoms with van der Waals surface area (Å²) in [5.41, 5.74) is 0.855. The molecule has 0 bridgehead atoms. The van der Waals surface area contributed by atoms with Gasteiger partial charge in [-0.25, -0.2) is 0 Å². The summed E-state index contributed by atoms with van der Waals surface area (Å²) < 4.78 is 17.4. The average Bonchev–Trinajstić information content (AvgIpc) is 2.85. The number of nitrogens with one attached hydrogen (secondary N) is 1. The molecule has 2 saturated heterocycles. The number of amides is 1. The Labute approximate surface area is 214 Å². The number of anilines is 1. The zero-order chi connectivity index (χ0) is 22.2. The van der Waals surface area contributed by atoms with Crippen molar-refractivity contribution in [3.63, 3.8) is 0 Å². The summed E-state index contributed by atoms with van der Waals surface area (Å²) in [4.78, 5) is 20.9. The van der Waals surface area contributed by atoms with E-state index in [0.29, 0.717) is 12.6 Å². The van der Waals surface area contributed by atoms with Gasteiger partial charge in [-0.3, -0.25) is 9.79 Å². The SMILES string of the molecule is CN=C(NCCCN1C(=O)COc2ccccc21)N1CCC(OCC2CCCCO2)CC1.I. The van der Waals surface area contributed by atoms with Gasteiger partial charge in [0.15, 0.2) is 12.6 Å². The Morgan fingerprint density at radius 1 is 1.21 bits per heavy atom. The highest BCUT2D eigenvalue weighted by Gasteiger charge is 2.26. The van der Waals surface area contributed by atoms with E-state index in [1.165, 1.54) is 12.8 Å². The fourth-order valence-corrected chi connectivity index (χ4v) is 4.59. The van der Waals surface area contributed by atoms with Crippen molar-refractivity contribution >= 4 is 41.5 Å². The van der Waals surface area contributed by atoms with Crippen molar-refractivity contribution in [1.29, 1.82) is 0 Å². The van der Waals surface area contributed by atoms with Crippen LogP contribution in [0.1, 0.15) is 38.5 Å². The Bertz CT molecular complexity index is 779. The van der Waals surface area contributed by atoms with Crippen molar-refractivity contribution in [2.45, 2.75) is 50.7 Å². The molecule has 3 aliphatic rings. The highest BCUT2D eigenvalue weighted by Crippen LogP contribution is 2.31. The number of rotatable bonds is 7. The highest BCUT2D eigenvalue weighted by molar-refractivity contribution is 14.0. The Morgan fingerprint density at radius 2 is 2.03 bits per heavy atom. The predicted octanol–water partition coefficient (Wildman–Crippen LogP) is 3.05. The van der Waals surface area contributed by atoms with Gasteiger partial charge in [0, 0.05) is 39.8 Å². The molecule has 1 aromatic rings. The molecule has 0 radical (unpaired) electrons. The molecule has 33 heavy (non-hydrogen) atoms. The number of ether oxygens (including phenoxy) is 3. The molecule has 1 unspecified atom stereocenters. The lowest BCUT2D eigenvalue weighted by atomic mass is 10.1. The summed E-state index contributed by atoms with van der Waals surface area (Å²) in [6.45, 7) is 4.99. The van der Waals surface area contributed by atoms with Gasteiger partial charge in [-0.15, -0.1) is 24.0 Å². The minimum atomic E-state index is 0. The second kappa shape index (κ2) is 13.3. The zero-order valence-electron chi connectivity index (χ0n) is 19.5. The van der Waals surface area contributed by atoms with Crippen LogP contribution < -0.4 is 15.0 Å². The molecular weight excluding hydrogens is 535 g/mol. The van der Waals surface area contributed by atoms with Crippen molar-refractivity contribution in [3.8, 4) is 5.75 Å². The average molecular weight is 572 g/mol. The monoisotopic (exact) mass is 572 g/mol. The first-order valence-corrected chi connectivity index (χ1v) is 12.0. The van der Waals surface area contributed by atoms with Gasteiger partial charge in [0.2, 0.25) is 0 Å². The zero-order valence-corrected chi connectivity index (χ0v) is 21.9. The van der Waals surface area contributed by atoms with Crippen LogP contribution in [-0.4, -0.2) is 82.0 Å². The number of hydrogen-bond donors (Lipinski definition) is 1. The molecule has 0 spiro atoms. The van der Waals surface area contributed by atoms with Crippen LogP contribution in [-0.2, 0) is 14.3 Å². The van der Waals surface area contributed by atoms with Crippen molar-refractivity contribution < 1.29 is 19.0 Å². The third kappa shape index (κ3) is 7.19. The van der Waals surface area contributed by atoms with Crippen LogP contribution in [0.25, 0.3) is 0 Å². The van der Waals surface area contributed by atoms with Gasteiger partial charge < -0.3 is 29.3 Å². The van der Waals surface area contributed by atoms with Crippen LogP contribution in [0.4, 0.5) is 5.69 Å². The van der Waals surface area contributed by atoms with E-state index in [0.717, 1.165) is 75.9 Å². The Balaban J connectivity index is 0.00000306. The number of para-hydroxylation sites is 2. The summed E-state index contributed by atoms with van der Waals surface area (Å²) in [5.74, 6) is 1.71. The van der Waals surface area contributed by atoms with E-state index in [2.05, 4.69) is 15.2 Å². The molecule has 0 saturated carbocycles. The Morgan fingerprint density at radius 3 is 2.79 bits per heavy atom. The molecule has 1 atom stereocenters. The number of nitrogens with zero attached hydrogens (tertiary/aromatic N) is 3. The lowest BCUT2D eigenvalue weighted by Gasteiger charge is -2.35. The summed E-state index contributed by atoms with van der Waals surface area (Å²) in [5, 5.41) is 3.46. The standard InChI is InChI=1S/C24H36N4O4.HI/c1-25-24(27-14-10-19(11-15-27)31-17-20-7-4-5-16-30-20)26-12-6-13-28-21-8-2-3-9-22(21)32-18-23(28)29;/h2-3,8-9,19-20H,4-7,10-18H2,1H3,(H,25,26);1H. The van der Waals surface area contributed by atoms with Gasteiger partial charge >= 0.3 is 0 Å². The van der Waals surface area contributed by atoms with Gasteiger partial charge in [0.1, 0.15) is 5.75 Å². The van der Waals surface area contributed by atoms with Crippen molar-refractivity contribution in [3.05, 3.63) is 24.3 Å². The third-order valence-electron chi connectivity index (χ3n) is 6.39. The number of carbonyl (C=O) groups excluding carboxylic acids is 1. The topological polar surface area (TPSA) is 75.6 Å². The van der Waals surface area contributed by atoms with Crippen LogP contribution in [0.15, 0.2) is 29.3 Å². The number of halogens is 1. The van der Waals surface area contributed by atoms with Crippen LogP contribution in [0.3, 0.4) is 0 Å². The minimum absolute atomic E-state index is 0. The highest BCUT2D eigenvalue weighted by atomic mass is 127. The quantitative estimate of drug-likeness (QED) is 0.235. The van der Waals surface area contributed by atoms with Crippen LogP contribution in [0, 0.1) is 0 Å². The first kappa shape index (κ1) is 26.0. The summed E-state index contributed by atoms with van der Waals surface area (Å²) in [6, 6.07) is 7.70. The molecule has 1 aromatic carbocycles. The molecule has 0 aliphatic carbocycles. The Kier molecular flexibility index (Phi) is 10.5. The van der Waals surface area contributed by atoms with E-state index < -0.39 is 0 Å². The molecule has 9 heteroatoms. The molecule has 4 rings (SSSR count). The number of likely N-dealkylation sites (tertiary alicyclic amines) is 1. The molecular formula is C24H37IN4O4. The predicted molar refractivity (Wildman–Crippen MR) is 140 cm³/mol. The molecule has 1 amide bonds. The van der Waals surface area contributed by atoms with Crippen molar-refractivity contribution in [1.82, 2.24) is 10.2 Å². The van der Waals surface area contributed by atoms with Crippen LogP contribution in [0.2, 0.25) is 0 Å². The lowest BCUT2D eigenvalue weighted by molar-refractivity contribution is -0.121. The minimum Gasteiger partial charge on any atom is -0.482 e. The summed E-state index contributed by atoms with van der Waals surface area (Å²) in [7, 11) is 1.83. The summed E-state index contributed by atoms with van der Waals surface area (Å²) in [6.07, 6.45) is 6.98. The maximum absolute atomic E-state index is 12.3. The third-order valence-corrected chi connectivity index (χ3v) is 6.39. The maximum Gasteiger partial charge on any atom is 0.265 e. The van der Waals surface area contributed by atoms with E-state index in [9.17, 15) is 4.79 Å². The van der Waals surface area contributed by atoms with Crippen molar-refractivity contribution in [2.75, 3.05) is 57.9 Å². The Hall–Kier alpha value is -1.59. The number of guanidine groups is 1. The van der Waals surface area contributed by atoms with Crippen molar-refractivity contribution in [2.24, 2.45) is 4.99 Å². The molecule has 0 aromatic heterocycles. The molecule has 8 nitrogen and oxygen atoms in total. The number of benzene rings is 1. The van der Waals surface area contributed by atoms with Gasteiger partial charge in [-0.05, 0) is 50.7 Å². The van der Waals surface area contributed by atoms with Crippen LogP contribution >= 0.6 is 24.0 Å². The fraction of sp³-hybridized carbons (Fsp3) is 0.667. The number of piperidine rings is 1. The number of aliphatic imine (C=N–C) groups is 1. The second-order valence-corrected chi connectivity index (χ2v) is 8.64. The largest absolute Gasteiger partial charge is 0.482 e. The number of carbonyl (C=O) groups is 1. The smallest absolute Gasteiger partial charge is 0.265 e. The van der Waals surface area contributed by atoms with E-state index in [1.807, 2.05) is 36.2 Å². The number of fused-ring (bicyclic) bond motifs is 1. The van der Waals surface area contributed by atoms with E-state index >= 15 is 0 Å². The molecule has 184 valence electrons. The van der Waals surface area contributed by atoms with Crippen LogP contribution in [0.5, 0.6) is 5.75 Å². The van der Waals surface area contributed by atoms with E-state index in [4.69, 9.17) is 14.2 Å². The van der Waals surface area contributed by atoms with Gasteiger partial charge in [-0.1, -0.05) is 12.1 Å². The molecule has 3 heterocycles. The molecule has 2 fully saturated rings. The van der Waals surface area contributed by atoms with Gasteiger partial charge in [-0.2, -0.15) is 0 Å². The molecule has 3 aliphatic heterocycles.